The van der Waals surface area contributed by atoms with Crippen LogP contribution in [0.5, 0.6) is 0 Å². The Morgan fingerprint density at radius 3 is 2.68 bits per heavy atom. The molecule has 1 aliphatic rings. The second kappa shape index (κ2) is 9.23. The van der Waals surface area contributed by atoms with Crippen LogP contribution in [0.15, 0.2) is 24.3 Å². The normalized spacial score (nSPS) is 16.0. The first-order valence-electron chi connectivity index (χ1n) is 9.67. The number of hydrogen-bond acceptors (Lipinski definition) is 5. The molecule has 1 fully saturated rings. The lowest BCUT2D eigenvalue weighted by Crippen LogP contribution is -2.41. The zero-order chi connectivity index (χ0) is 20.1. The van der Waals surface area contributed by atoms with E-state index in [2.05, 4.69) is 29.4 Å². The van der Waals surface area contributed by atoms with Crippen molar-refractivity contribution in [1.82, 2.24) is 15.1 Å². The summed E-state index contributed by atoms with van der Waals surface area (Å²) in [7, 11) is 0. The van der Waals surface area contributed by atoms with Gasteiger partial charge in [0.25, 0.3) is 5.91 Å². The van der Waals surface area contributed by atoms with Crippen LogP contribution in [0.4, 0.5) is 9.52 Å². The Morgan fingerprint density at radius 1 is 1.29 bits per heavy atom. The smallest absolute Gasteiger partial charge is 0.256 e. The highest BCUT2D eigenvalue weighted by Crippen LogP contribution is 2.27. The first-order chi connectivity index (χ1) is 13.5. The first kappa shape index (κ1) is 20.4. The van der Waals surface area contributed by atoms with Gasteiger partial charge in [-0.25, -0.2) is 4.39 Å². The zero-order valence-corrected chi connectivity index (χ0v) is 17.0. The molecule has 2 heterocycles. The number of rotatable bonds is 6. The monoisotopic (exact) mass is 404 g/mol. The van der Waals surface area contributed by atoms with Crippen molar-refractivity contribution < 1.29 is 14.0 Å². The standard InChI is InChI=1S/C20H25FN4O2S/c1-3-6-13(2)18-23-24-20(28-18)22-17(26)14-9-11-25(12-10-14)19(27)15-7-4-5-8-16(15)21/h4-5,7-8,13-14H,3,6,9-12H2,1-2H3,(H,22,24,26)/t13-/m1/s1. The van der Waals surface area contributed by atoms with Crippen LogP contribution in [0.25, 0.3) is 0 Å². The van der Waals surface area contributed by atoms with Gasteiger partial charge in [0.15, 0.2) is 0 Å². The second-order valence-electron chi connectivity index (χ2n) is 7.17. The number of likely N-dealkylation sites (tertiary alicyclic amines) is 1. The van der Waals surface area contributed by atoms with E-state index in [1.807, 2.05) is 0 Å². The van der Waals surface area contributed by atoms with Crippen LogP contribution in [-0.2, 0) is 4.79 Å². The van der Waals surface area contributed by atoms with Gasteiger partial charge < -0.3 is 10.2 Å². The zero-order valence-electron chi connectivity index (χ0n) is 16.2. The number of carbonyl (C=O) groups is 2. The van der Waals surface area contributed by atoms with Gasteiger partial charge >= 0.3 is 0 Å². The van der Waals surface area contributed by atoms with Gasteiger partial charge in [0, 0.05) is 24.9 Å². The summed E-state index contributed by atoms with van der Waals surface area (Å²) in [6, 6.07) is 5.98. The van der Waals surface area contributed by atoms with Crippen molar-refractivity contribution in [3.8, 4) is 0 Å². The van der Waals surface area contributed by atoms with Crippen LogP contribution < -0.4 is 5.32 Å². The van der Waals surface area contributed by atoms with E-state index in [0.717, 1.165) is 17.8 Å². The lowest BCUT2D eigenvalue weighted by atomic mass is 9.95. The summed E-state index contributed by atoms with van der Waals surface area (Å²) in [5.41, 5.74) is 0.0768. The molecule has 2 aromatic rings. The number of piperidine rings is 1. The first-order valence-corrected chi connectivity index (χ1v) is 10.5. The maximum atomic E-state index is 13.8. The van der Waals surface area contributed by atoms with Crippen molar-refractivity contribution in [2.45, 2.75) is 45.4 Å². The third kappa shape index (κ3) is 4.73. The maximum Gasteiger partial charge on any atom is 0.256 e. The van der Waals surface area contributed by atoms with Gasteiger partial charge in [-0.15, -0.1) is 10.2 Å². The molecular weight excluding hydrogens is 379 g/mol. The number of amides is 2. The summed E-state index contributed by atoms with van der Waals surface area (Å²) in [6.45, 7) is 5.10. The van der Waals surface area contributed by atoms with Crippen molar-refractivity contribution >= 4 is 28.3 Å². The minimum Gasteiger partial charge on any atom is -0.339 e. The molecule has 3 rings (SSSR count). The van der Waals surface area contributed by atoms with Crippen molar-refractivity contribution in [2.24, 2.45) is 5.92 Å². The van der Waals surface area contributed by atoms with E-state index < -0.39 is 5.82 Å². The molecule has 150 valence electrons. The Kier molecular flexibility index (Phi) is 6.72. The Bertz CT molecular complexity index is 833. The highest BCUT2D eigenvalue weighted by Gasteiger charge is 2.29. The maximum absolute atomic E-state index is 13.8. The molecule has 2 amide bonds. The minimum atomic E-state index is -0.517. The van der Waals surface area contributed by atoms with Crippen LogP contribution in [-0.4, -0.2) is 40.0 Å². The fourth-order valence-electron chi connectivity index (χ4n) is 3.40. The number of benzene rings is 1. The SMILES string of the molecule is CCC[C@@H](C)c1nnc(NC(=O)C2CCN(C(=O)c3ccccc3F)CC2)s1. The molecule has 8 heteroatoms. The molecular formula is C20H25FN4O2S. The molecule has 0 radical (unpaired) electrons. The quantitative estimate of drug-likeness (QED) is 0.787. The lowest BCUT2D eigenvalue weighted by Gasteiger charge is -2.31. The molecule has 1 aromatic heterocycles. The number of carbonyl (C=O) groups excluding carboxylic acids is 2. The second-order valence-corrected chi connectivity index (χ2v) is 8.18. The Morgan fingerprint density at radius 2 is 2.00 bits per heavy atom. The van der Waals surface area contributed by atoms with Crippen molar-refractivity contribution in [1.29, 1.82) is 0 Å². The van der Waals surface area contributed by atoms with Crippen LogP contribution in [0, 0.1) is 11.7 Å². The number of hydrogen-bond donors (Lipinski definition) is 1. The lowest BCUT2D eigenvalue weighted by molar-refractivity contribution is -0.121. The number of anilines is 1. The van der Waals surface area contributed by atoms with Gasteiger partial charge in [0.2, 0.25) is 11.0 Å². The molecule has 0 aliphatic carbocycles. The molecule has 0 saturated carbocycles. The van der Waals surface area contributed by atoms with E-state index in [9.17, 15) is 14.0 Å². The molecule has 0 spiro atoms. The van der Waals surface area contributed by atoms with Gasteiger partial charge in [-0.05, 0) is 31.4 Å². The average Bonchev–Trinajstić information content (AvgIpc) is 3.17. The third-order valence-electron chi connectivity index (χ3n) is 5.07. The van der Waals surface area contributed by atoms with Gasteiger partial charge in [-0.2, -0.15) is 0 Å². The van der Waals surface area contributed by atoms with Crippen molar-refractivity contribution in [3.05, 3.63) is 40.7 Å². The number of aromatic nitrogens is 2. The van der Waals surface area contributed by atoms with Crippen molar-refractivity contribution in [2.75, 3.05) is 18.4 Å². The van der Waals surface area contributed by atoms with Gasteiger partial charge in [-0.3, -0.25) is 9.59 Å². The fourth-order valence-corrected chi connectivity index (χ4v) is 4.23. The summed E-state index contributed by atoms with van der Waals surface area (Å²) in [4.78, 5) is 26.6. The summed E-state index contributed by atoms with van der Waals surface area (Å²) >= 11 is 1.42. The Balaban J connectivity index is 1.53. The molecule has 1 N–H and O–H groups in total. The number of halogens is 1. The van der Waals surface area contributed by atoms with Crippen LogP contribution >= 0.6 is 11.3 Å². The summed E-state index contributed by atoms with van der Waals surface area (Å²) in [5.74, 6) is -0.790. The summed E-state index contributed by atoms with van der Waals surface area (Å²) in [5, 5.41) is 12.6. The van der Waals surface area contributed by atoms with Gasteiger partial charge in [-0.1, -0.05) is 43.7 Å². The average molecular weight is 405 g/mol. The van der Waals surface area contributed by atoms with E-state index in [1.54, 1.807) is 17.0 Å². The largest absolute Gasteiger partial charge is 0.339 e. The molecule has 1 atom stereocenters. The third-order valence-corrected chi connectivity index (χ3v) is 6.14. The van der Waals surface area contributed by atoms with Crippen LogP contribution in [0.1, 0.15) is 60.8 Å². The highest BCUT2D eigenvalue weighted by molar-refractivity contribution is 7.15. The number of nitrogens with zero attached hydrogens (tertiary/aromatic N) is 3. The summed E-state index contributed by atoms with van der Waals surface area (Å²) in [6.07, 6.45) is 3.21. The Hall–Kier alpha value is -2.35. The van der Waals surface area contributed by atoms with E-state index in [-0.39, 0.29) is 23.3 Å². The highest BCUT2D eigenvalue weighted by atomic mass is 32.1. The minimum absolute atomic E-state index is 0.0768. The molecule has 1 aliphatic heterocycles. The Labute approximate surface area is 168 Å². The molecule has 1 saturated heterocycles. The molecule has 0 unspecified atom stereocenters. The van der Waals surface area contributed by atoms with E-state index in [0.29, 0.717) is 37.0 Å². The topological polar surface area (TPSA) is 75.2 Å². The molecule has 0 bridgehead atoms. The molecule has 1 aromatic carbocycles. The van der Waals surface area contributed by atoms with Crippen LogP contribution in [0.2, 0.25) is 0 Å². The van der Waals surface area contributed by atoms with Gasteiger partial charge in [0.05, 0.1) is 5.56 Å². The van der Waals surface area contributed by atoms with Crippen molar-refractivity contribution in [3.63, 3.8) is 0 Å². The van der Waals surface area contributed by atoms with E-state index in [4.69, 9.17) is 0 Å². The van der Waals surface area contributed by atoms with Crippen LogP contribution in [0.3, 0.4) is 0 Å². The predicted octanol–water partition coefficient (Wildman–Crippen LogP) is 4.07. The van der Waals surface area contributed by atoms with E-state index >= 15 is 0 Å². The predicted molar refractivity (Wildman–Crippen MR) is 107 cm³/mol. The van der Waals surface area contributed by atoms with E-state index in [1.165, 1.54) is 23.5 Å². The fraction of sp³-hybridized carbons (Fsp3) is 0.500. The molecule has 28 heavy (non-hydrogen) atoms. The number of nitrogens with one attached hydrogen (secondary N) is 1. The van der Waals surface area contributed by atoms with Gasteiger partial charge in [0.1, 0.15) is 10.8 Å². The summed E-state index contributed by atoms with van der Waals surface area (Å²) < 4.78 is 13.8. The molecule has 6 nitrogen and oxygen atoms in total.